The van der Waals surface area contributed by atoms with Gasteiger partial charge in [0.15, 0.2) is 0 Å². The second-order valence-corrected chi connectivity index (χ2v) is 6.11. The van der Waals surface area contributed by atoms with Crippen molar-refractivity contribution in [1.82, 2.24) is 4.98 Å². The predicted octanol–water partition coefficient (Wildman–Crippen LogP) is 3.71. The van der Waals surface area contributed by atoms with Crippen molar-refractivity contribution in [3.8, 4) is 11.5 Å². The third-order valence-corrected chi connectivity index (χ3v) is 2.87. The second kappa shape index (κ2) is 6.23. The van der Waals surface area contributed by atoms with Crippen molar-refractivity contribution < 1.29 is 15.1 Å². The van der Waals surface area contributed by atoms with Gasteiger partial charge < -0.3 is 15.1 Å². The van der Waals surface area contributed by atoms with Crippen molar-refractivity contribution in [3.05, 3.63) is 52.8 Å². The minimum Gasteiger partial charge on any atom is -0.507 e. The molecule has 2 N–H and O–H groups in total. The lowest BCUT2D eigenvalue weighted by Crippen LogP contribution is -2.18. The highest BCUT2D eigenvalue weighted by atomic mass is 35.5. The Kier molecular flexibility index (Phi) is 4.56. The zero-order chi connectivity index (χ0) is 16.3. The molecule has 1 aromatic heterocycles. The van der Waals surface area contributed by atoms with Gasteiger partial charge in [-0.3, -0.25) is 4.98 Å². The number of phenols is 1. The van der Waals surface area contributed by atoms with Gasteiger partial charge in [-0.15, -0.1) is 0 Å². The van der Waals surface area contributed by atoms with Gasteiger partial charge in [0, 0.05) is 16.8 Å². The molecule has 22 heavy (non-hydrogen) atoms. The molecule has 0 radical (unpaired) electrons. The molecule has 0 saturated carbocycles. The van der Waals surface area contributed by atoms with Gasteiger partial charge in [-0.1, -0.05) is 16.8 Å². The first-order valence-corrected chi connectivity index (χ1v) is 7.05. The Hall–Kier alpha value is -2.27. The minimum atomic E-state index is -0.538. The topological polar surface area (TPSA) is 74.9 Å². The summed E-state index contributed by atoms with van der Waals surface area (Å²) in [5, 5.41) is 24.6. The average Bonchev–Trinajstić information content (AvgIpc) is 2.43. The summed E-state index contributed by atoms with van der Waals surface area (Å²) in [6.45, 7) is 5.51. The smallest absolute Gasteiger partial charge is 0.143 e. The average molecular weight is 321 g/mol. The Bertz CT molecular complexity index is 709. The van der Waals surface area contributed by atoms with Crippen molar-refractivity contribution in [1.29, 1.82) is 0 Å². The molecular weight excluding hydrogens is 304 g/mol. The number of phenolic OH excluding ortho intramolecular Hbond substituents is 1. The quantitative estimate of drug-likeness (QED) is 0.667. The Balaban J connectivity index is 2.61. The molecule has 116 valence electrons. The maximum absolute atomic E-state index is 10.1. The van der Waals surface area contributed by atoms with Crippen molar-refractivity contribution in [3.63, 3.8) is 0 Å². The maximum Gasteiger partial charge on any atom is 0.143 e. The third kappa shape index (κ3) is 3.89. The molecule has 1 heterocycles. The van der Waals surface area contributed by atoms with E-state index in [-0.39, 0.29) is 22.9 Å². The van der Waals surface area contributed by atoms with Crippen LogP contribution in [0.5, 0.6) is 11.5 Å². The molecule has 0 atom stereocenters. The van der Waals surface area contributed by atoms with Crippen LogP contribution >= 0.6 is 11.6 Å². The molecule has 0 aliphatic heterocycles. The van der Waals surface area contributed by atoms with E-state index < -0.39 is 5.60 Å². The van der Waals surface area contributed by atoms with Gasteiger partial charge in [0.05, 0.1) is 0 Å². The van der Waals surface area contributed by atoms with Crippen LogP contribution in [0, 0.1) is 0 Å². The number of hydrogen-bond donors (Lipinski definition) is 2. The van der Waals surface area contributed by atoms with Gasteiger partial charge in [-0.2, -0.15) is 0 Å². The molecule has 0 spiro atoms. The molecule has 0 saturated heterocycles. The van der Waals surface area contributed by atoms with Gasteiger partial charge in [0.1, 0.15) is 28.5 Å². The Labute approximate surface area is 133 Å². The lowest BCUT2D eigenvalue weighted by atomic mass is 10.1. The van der Waals surface area contributed by atoms with Crippen molar-refractivity contribution in [2.24, 2.45) is 5.16 Å². The van der Waals surface area contributed by atoms with E-state index in [1.54, 1.807) is 12.1 Å². The summed E-state index contributed by atoms with van der Waals surface area (Å²) in [7, 11) is 0. The van der Waals surface area contributed by atoms with Crippen LogP contribution in [0.15, 0.2) is 41.7 Å². The molecule has 0 aliphatic carbocycles. The number of aromatic nitrogens is 1. The third-order valence-electron chi connectivity index (χ3n) is 2.64. The fraction of sp³-hybridized carbons (Fsp3) is 0.250. The molecule has 2 rings (SSSR count). The summed E-state index contributed by atoms with van der Waals surface area (Å²) in [4.78, 5) is 9.54. The maximum atomic E-state index is 10.1. The minimum absolute atomic E-state index is 0.0364. The molecule has 0 aliphatic rings. The normalized spacial score (nSPS) is 12.3. The van der Waals surface area contributed by atoms with Gasteiger partial charge in [-0.25, -0.2) is 0 Å². The highest BCUT2D eigenvalue weighted by Gasteiger charge is 2.20. The number of hydrogen-bond acceptors (Lipinski definition) is 5. The van der Waals surface area contributed by atoms with Crippen LogP contribution in [-0.4, -0.2) is 26.5 Å². The molecular formula is C16H17ClN2O3. The van der Waals surface area contributed by atoms with Crippen LogP contribution in [0.2, 0.25) is 5.02 Å². The fourth-order valence-electron chi connectivity index (χ4n) is 1.68. The molecule has 5 nitrogen and oxygen atoms in total. The lowest BCUT2D eigenvalue weighted by molar-refractivity contribution is 0.00109. The van der Waals surface area contributed by atoms with Gasteiger partial charge in [0.25, 0.3) is 0 Å². The number of aromatic hydroxyl groups is 2. The largest absolute Gasteiger partial charge is 0.507 e. The zero-order valence-corrected chi connectivity index (χ0v) is 13.3. The van der Waals surface area contributed by atoms with Crippen LogP contribution in [0.25, 0.3) is 0 Å². The van der Waals surface area contributed by atoms with E-state index in [9.17, 15) is 10.2 Å². The highest BCUT2D eigenvalue weighted by Crippen LogP contribution is 2.27. The van der Waals surface area contributed by atoms with Crippen molar-refractivity contribution in [2.75, 3.05) is 0 Å². The van der Waals surface area contributed by atoms with Crippen LogP contribution in [-0.2, 0) is 4.84 Å². The molecule has 0 fully saturated rings. The molecule has 0 unspecified atom stereocenters. The number of pyridine rings is 1. The van der Waals surface area contributed by atoms with Crippen LogP contribution in [0.3, 0.4) is 0 Å². The van der Waals surface area contributed by atoms with Crippen LogP contribution in [0.4, 0.5) is 0 Å². The predicted molar refractivity (Wildman–Crippen MR) is 85.5 cm³/mol. The van der Waals surface area contributed by atoms with Gasteiger partial charge in [-0.05, 0) is 51.1 Å². The summed E-state index contributed by atoms with van der Waals surface area (Å²) in [6.07, 6.45) is 1.52. The van der Waals surface area contributed by atoms with Gasteiger partial charge in [0.2, 0.25) is 0 Å². The summed E-state index contributed by atoms with van der Waals surface area (Å²) in [6, 6.07) is 7.62. The Morgan fingerprint density at radius 1 is 1.18 bits per heavy atom. The van der Waals surface area contributed by atoms with Crippen molar-refractivity contribution in [2.45, 2.75) is 26.4 Å². The first-order chi connectivity index (χ1) is 10.3. The highest BCUT2D eigenvalue weighted by molar-refractivity contribution is 6.31. The van der Waals surface area contributed by atoms with Gasteiger partial charge >= 0.3 is 0 Å². The zero-order valence-electron chi connectivity index (χ0n) is 12.5. The summed E-state index contributed by atoms with van der Waals surface area (Å²) in [5.74, 6) is -0.108. The van der Waals surface area contributed by atoms with Crippen LogP contribution in [0.1, 0.15) is 32.0 Å². The molecule has 2 aromatic rings. The van der Waals surface area contributed by atoms with E-state index in [1.165, 1.54) is 24.4 Å². The van der Waals surface area contributed by atoms with E-state index in [0.29, 0.717) is 10.6 Å². The van der Waals surface area contributed by atoms with E-state index in [2.05, 4.69) is 10.1 Å². The summed E-state index contributed by atoms with van der Waals surface area (Å²) >= 11 is 5.99. The standard InChI is InChI=1S/C16H17ClN2O3/c1-16(2,3)22-19-14(15-13(21)5-4-8-18-15)11-9-10(17)6-7-12(11)20/h4-9,20-21H,1-3H3. The Morgan fingerprint density at radius 3 is 2.55 bits per heavy atom. The second-order valence-electron chi connectivity index (χ2n) is 5.68. The van der Waals surface area contributed by atoms with E-state index in [4.69, 9.17) is 16.4 Å². The van der Waals surface area contributed by atoms with E-state index in [0.717, 1.165) is 0 Å². The van der Waals surface area contributed by atoms with Crippen LogP contribution < -0.4 is 0 Å². The first-order valence-electron chi connectivity index (χ1n) is 6.67. The SMILES string of the molecule is CC(C)(C)ON=C(c1cc(Cl)ccc1O)c1ncccc1O. The monoisotopic (exact) mass is 320 g/mol. The number of oxime groups is 1. The first kappa shape index (κ1) is 16.1. The Morgan fingerprint density at radius 2 is 1.91 bits per heavy atom. The molecule has 1 aromatic carbocycles. The number of nitrogens with zero attached hydrogens (tertiary/aromatic N) is 2. The van der Waals surface area contributed by atoms with Crippen molar-refractivity contribution >= 4 is 17.3 Å². The van der Waals surface area contributed by atoms with E-state index in [1.807, 2.05) is 20.8 Å². The molecule has 6 heteroatoms. The fourth-order valence-corrected chi connectivity index (χ4v) is 1.85. The summed E-state index contributed by atoms with van der Waals surface area (Å²) in [5.41, 5.74) is 0.187. The number of halogens is 1. The molecule has 0 bridgehead atoms. The van der Waals surface area contributed by atoms with E-state index >= 15 is 0 Å². The lowest BCUT2D eigenvalue weighted by Gasteiger charge is -2.17. The summed E-state index contributed by atoms with van der Waals surface area (Å²) < 4.78 is 0. The number of benzene rings is 1. The molecule has 0 amide bonds. The number of rotatable bonds is 3.